The number of hydrogen-bond donors (Lipinski definition) is 2. The van der Waals surface area contributed by atoms with Gasteiger partial charge in [0.05, 0.1) is 17.8 Å². The highest BCUT2D eigenvalue weighted by molar-refractivity contribution is 5.98. The van der Waals surface area contributed by atoms with E-state index in [1.54, 1.807) is 19.2 Å². The fourth-order valence-electron chi connectivity index (χ4n) is 2.26. The maximum Gasteiger partial charge on any atom is 0.335 e. The van der Waals surface area contributed by atoms with Crippen LogP contribution in [0.1, 0.15) is 64.7 Å². The molecule has 23 heavy (non-hydrogen) atoms. The highest BCUT2D eigenvalue weighted by atomic mass is 16.4. The summed E-state index contributed by atoms with van der Waals surface area (Å²) in [6, 6.07) is 4.63. The molecule has 6 nitrogen and oxygen atoms in total. The number of amides is 1. The number of aryl methyl sites for hydroxylation is 1. The van der Waals surface area contributed by atoms with Crippen molar-refractivity contribution in [2.75, 3.05) is 0 Å². The molecule has 0 aliphatic heterocycles. The second kappa shape index (κ2) is 6.64. The number of aromatic nitrogens is 2. The lowest BCUT2D eigenvalue weighted by Gasteiger charge is -2.13. The Morgan fingerprint density at radius 1 is 1.17 bits per heavy atom. The zero-order chi connectivity index (χ0) is 17.1. The summed E-state index contributed by atoms with van der Waals surface area (Å²) >= 11 is 0. The Balaban J connectivity index is 2.16. The van der Waals surface area contributed by atoms with Crippen molar-refractivity contribution in [3.63, 3.8) is 0 Å². The van der Waals surface area contributed by atoms with Crippen LogP contribution < -0.4 is 5.32 Å². The van der Waals surface area contributed by atoms with Crippen LogP contribution in [0, 0.1) is 6.92 Å². The molecule has 1 aromatic heterocycles. The van der Waals surface area contributed by atoms with Crippen molar-refractivity contribution in [2.24, 2.45) is 0 Å². The fourth-order valence-corrected chi connectivity index (χ4v) is 2.26. The minimum atomic E-state index is -1.05. The van der Waals surface area contributed by atoms with E-state index >= 15 is 0 Å². The van der Waals surface area contributed by atoms with E-state index in [1.165, 1.54) is 12.1 Å². The number of aromatic carboxylic acids is 1. The summed E-state index contributed by atoms with van der Waals surface area (Å²) in [6.45, 7) is 7.69. The molecular weight excluding hydrogens is 294 g/mol. The van der Waals surface area contributed by atoms with Gasteiger partial charge in [0.2, 0.25) is 0 Å². The third kappa shape index (κ3) is 3.97. The number of carbonyl (C=O) groups is 2. The summed E-state index contributed by atoms with van der Waals surface area (Å²) in [5.74, 6) is -1.35. The molecule has 0 fully saturated rings. The largest absolute Gasteiger partial charge is 0.478 e. The molecule has 0 aliphatic rings. The van der Waals surface area contributed by atoms with Crippen molar-refractivity contribution >= 4 is 11.9 Å². The molecule has 6 heteroatoms. The van der Waals surface area contributed by atoms with Crippen molar-refractivity contribution < 1.29 is 14.7 Å². The Kier molecular flexibility index (Phi) is 4.83. The van der Waals surface area contributed by atoms with E-state index < -0.39 is 5.97 Å². The van der Waals surface area contributed by atoms with E-state index in [4.69, 9.17) is 5.11 Å². The van der Waals surface area contributed by atoms with Crippen molar-refractivity contribution in [1.29, 1.82) is 0 Å². The molecular formula is C17H21N3O3. The zero-order valence-corrected chi connectivity index (χ0v) is 13.7. The number of rotatable bonds is 5. The van der Waals surface area contributed by atoms with E-state index in [1.807, 2.05) is 31.6 Å². The highest BCUT2D eigenvalue weighted by Crippen LogP contribution is 2.16. The highest BCUT2D eigenvalue weighted by Gasteiger charge is 2.15. The molecule has 1 aromatic carbocycles. The second-order valence-electron chi connectivity index (χ2n) is 5.94. The summed E-state index contributed by atoms with van der Waals surface area (Å²) in [5.41, 5.74) is 2.08. The fraction of sp³-hybridized carbons (Fsp3) is 0.353. The summed E-state index contributed by atoms with van der Waals surface area (Å²) in [4.78, 5) is 23.5. The van der Waals surface area contributed by atoms with Gasteiger partial charge in [0.25, 0.3) is 5.91 Å². The Morgan fingerprint density at radius 2 is 1.83 bits per heavy atom. The lowest BCUT2D eigenvalue weighted by atomic mass is 10.1. The van der Waals surface area contributed by atoms with E-state index in [-0.39, 0.29) is 23.6 Å². The van der Waals surface area contributed by atoms with Crippen LogP contribution in [0.4, 0.5) is 0 Å². The first-order valence-electron chi connectivity index (χ1n) is 7.48. The number of hydrogen-bond acceptors (Lipinski definition) is 3. The molecule has 0 bridgehead atoms. The topological polar surface area (TPSA) is 84.2 Å². The Morgan fingerprint density at radius 3 is 2.39 bits per heavy atom. The molecule has 2 aromatic rings. The van der Waals surface area contributed by atoms with Crippen LogP contribution in [0.2, 0.25) is 0 Å². The molecule has 2 N–H and O–H groups in total. The predicted octanol–water partition coefficient (Wildman–Crippen LogP) is 2.96. The standard InChI is InChI=1S/C17H21N3O3/c1-10(2)20-9-15(8-18-20)12(4)19-16(21)13-5-11(3)6-14(7-13)17(22)23/h5-10,12H,1-4H3,(H,19,21)(H,22,23). The number of carboxylic acid groups (broad SMARTS) is 1. The van der Waals surface area contributed by atoms with Gasteiger partial charge in [-0.1, -0.05) is 0 Å². The van der Waals surface area contributed by atoms with Crippen molar-refractivity contribution in [1.82, 2.24) is 15.1 Å². The molecule has 1 unspecified atom stereocenters. The normalized spacial score (nSPS) is 12.2. The van der Waals surface area contributed by atoms with Crippen LogP contribution in [0.5, 0.6) is 0 Å². The van der Waals surface area contributed by atoms with Gasteiger partial charge < -0.3 is 10.4 Å². The van der Waals surface area contributed by atoms with Gasteiger partial charge in [-0.25, -0.2) is 4.79 Å². The number of nitrogens with zero attached hydrogens (tertiary/aromatic N) is 2. The third-order valence-electron chi connectivity index (χ3n) is 3.58. The quantitative estimate of drug-likeness (QED) is 0.888. The van der Waals surface area contributed by atoms with Crippen molar-refractivity contribution in [3.05, 3.63) is 52.8 Å². The first kappa shape index (κ1) is 16.7. The second-order valence-corrected chi connectivity index (χ2v) is 5.94. The van der Waals surface area contributed by atoms with Gasteiger partial charge >= 0.3 is 5.97 Å². The summed E-state index contributed by atoms with van der Waals surface area (Å²) in [5, 5.41) is 16.2. The molecule has 0 saturated heterocycles. The van der Waals surface area contributed by atoms with Crippen LogP contribution in [0.15, 0.2) is 30.6 Å². The van der Waals surface area contributed by atoms with Gasteiger partial charge in [0.1, 0.15) is 0 Å². The Labute approximate surface area is 135 Å². The van der Waals surface area contributed by atoms with Gasteiger partial charge in [-0.15, -0.1) is 0 Å². The third-order valence-corrected chi connectivity index (χ3v) is 3.58. The first-order valence-corrected chi connectivity index (χ1v) is 7.48. The number of carbonyl (C=O) groups excluding carboxylic acids is 1. The van der Waals surface area contributed by atoms with Crippen molar-refractivity contribution in [2.45, 2.75) is 39.8 Å². The SMILES string of the molecule is Cc1cc(C(=O)O)cc(C(=O)NC(C)c2cnn(C(C)C)c2)c1. The summed E-state index contributed by atoms with van der Waals surface area (Å²) in [7, 11) is 0. The molecule has 0 spiro atoms. The first-order chi connectivity index (χ1) is 10.8. The van der Waals surface area contributed by atoms with E-state index in [9.17, 15) is 9.59 Å². The van der Waals surface area contributed by atoms with Crippen LogP contribution in [-0.2, 0) is 0 Å². The minimum Gasteiger partial charge on any atom is -0.478 e. The number of benzene rings is 1. The monoisotopic (exact) mass is 315 g/mol. The van der Waals surface area contributed by atoms with Crippen LogP contribution in [0.25, 0.3) is 0 Å². The molecule has 1 atom stereocenters. The van der Waals surface area contributed by atoms with Crippen LogP contribution in [-0.4, -0.2) is 26.8 Å². The molecule has 1 amide bonds. The van der Waals surface area contributed by atoms with Gasteiger partial charge in [-0.2, -0.15) is 5.10 Å². The summed E-state index contributed by atoms with van der Waals surface area (Å²) < 4.78 is 1.83. The Bertz CT molecular complexity index is 734. The average Bonchev–Trinajstić information content (AvgIpc) is 2.96. The average molecular weight is 315 g/mol. The molecule has 0 saturated carbocycles. The smallest absolute Gasteiger partial charge is 0.335 e. The molecule has 0 aliphatic carbocycles. The maximum atomic E-state index is 12.4. The molecule has 122 valence electrons. The van der Waals surface area contributed by atoms with Crippen molar-refractivity contribution in [3.8, 4) is 0 Å². The Hall–Kier alpha value is -2.63. The molecule has 2 rings (SSSR count). The number of carboxylic acids is 1. The van der Waals surface area contributed by atoms with Gasteiger partial charge in [-0.05, 0) is 51.5 Å². The minimum absolute atomic E-state index is 0.107. The maximum absolute atomic E-state index is 12.4. The zero-order valence-electron chi connectivity index (χ0n) is 13.7. The lowest BCUT2D eigenvalue weighted by Crippen LogP contribution is -2.26. The van der Waals surface area contributed by atoms with E-state index in [0.29, 0.717) is 5.56 Å². The van der Waals surface area contributed by atoms with Gasteiger partial charge in [0, 0.05) is 23.4 Å². The lowest BCUT2D eigenvalue weighted by molar-refractivity contribution is 0.0696. The van der Waals surface area contributed by atoms with Crippen LogP contribution >= 0.6 is 0 Å². The van der Waals surface area contributed by atoms with E-state index in [0.717, 1.165) is 11.1 Å². The van der Waals surface area contributed by atoms with E-state index in [2.05, 4.69) is 10.4 Å². The van der Waals surface area contributed by atoms with Crippen LogP contribution in [0.3, 0.4) is 0 Å². The molecule has 1 heterocycles. The number of nitrogens with one attached hydrogen (secondary N) is 1. The van der Waals surface area contributed by atoms with Gasteiger partial charge in [0.15, 0.2) is 0 Å². The predicted molar refractivity (Wildman–Crippen MR) is 86.6 cm³/mol. The van der Waals surface area contributed by atoms with Gasteiger partial charge in [-0.3, -0.25) is 9.48 Å². The molecule has 0 radical (unpaired) electrons. The summed E-state index contributed by atoms with van der Waals surface area (Å²) in [6.07, 6.45) is 3.62.